The molecule has 0 bridgehead atoms. The molecule has 0 spiro atoms. The summed E-state index contributed by atoms with van der Waals surface area (Å²) in [7, 11) is 4.61. The molecule has 2 N–H and O–H groups in total. The molecular formula is C26H29N3O5. The van der Waals surface area contributed by atoms with Gasteiger partial charge in [0.15, 0.2) is 17.3 Å². The molecule has 0 radical (unpaired) electrons. The molecule has 8 nitrogen and oxygen atoms in total. The summed E-state index contributed by atoms with van der Waals surface area (Å²) in [5.41, 5.74) is 3.30. The number of allylic oxidation sites excluding steroid dienone is 3. The lowest BCUT2D eigenvalue weighted by atomic mass is 9.73. The van der Waals surface area contributed by atoms with Gasteiger partial charge in [-0.25, -0.2) is 4.98 Å². The quantitative estimate of drug-likeness (QED) is 0.669. The van der Waals surface area contributed by atoms with Crippen LogP contribution in [0.15, 0.2) is 59.1 Å². The van der Waals surface area contributed by atoms with Crippen molar-refractivity contribution in [2.75, 3.05) is 26.6 Å². The molecular weight excluding hydrogens is 434 g/mol. The largest absolute Gasteiger partial charge is 0.493 e. The Morgan fingerprint density at radius 1 is 1.09 bits per heavy atom. The number of ether oxygens (including phenoxy) is 3. The highest BCUT2D eigenvalue weighted by molar-refractivity contribution is 6.09. The summed E-state index contributed by atoms with van der Waals surface area (Å²) in [6.07, 6.45) is 2.77. The molecule has 1 amide bonds. The van der Waals surface area contributed by atoms with Crippen molar-refractivity contribution >= 4 is 17.5 Å². The molecule has 1 aromatic heterocycles. The van der Waals surface area contributed by atoms with Gasteiger partial charge in [0, 0.05) is 41.1 Å². The second-order valence-electron chi connectivity index (χ2n) is 8.55. The van der Waals surface area contributed by atoms with Crippen molar-refractivity contribution in [3.05, 3.63) is 64.6 Å². The van der Waals surface area contributed by atoms with Gasteiger partial charge in [0.05, 0.1) is 21.3 Å². The van der Waals surface area contributed by atoms with Crippen LogP contribution >= 0.6 is 0 Å². The number of methoxy groups -OCH3 is 3. The van der Waals surface area contributed by atoms with E-state index in [1.165, 1.54) is 21.3 Å². The lowest BCUT2D eigenvalue weighted by molar-refractivity contribution is -0.117. The van der Waals surface area contributed by atoms with Gasteiger partial charge in [0.1, 0.15) is 5.82 Å². The number of dihydropyridines is 1. The average molecular weight is 464 g/mol. The average Bonchev–Trinajstić information content (AvgIpc) is 2.82. The molecule has 1 aliphatic carbocycles. The van der Waals surface area contributed by atoms with Crippen LogP contribution < -0.4 is 24.8 Å². The van der Waals surface area contributed by atoms with Gasteiger partial charge in [-0.2, -0.15) is 0 Å². The summed E-state index contributed by atoms with van der Waals surface area (Å²) in [6, 6.07) is 8.90. The molecule has 8 heteroatoms. The molecule has 4 rings (SSSR count). The van der Waals surface area contributed by atoms with Crippen molar-refractivity contribution in [1.82, 2.24) is 10.3 Å². The Labute approximate surface area is 199 Å². The van der Waals surface area contributed by atoms with Crippen molar-refractivity contribution in [2.45, 2.75) is 32.6 Å². The molecule has 2 heterocycles. The first kappa shape index (κ1) is 23.4. The van der Waals surface area contributed by atoms with Crippen molar-refractivity contribution in [3.8, 4) is 17.2 Å². The number of aromatic nitrogens is 1. The van der Waals surface area contributed by atoms with Crippen LogP contribution in [0.1, 0.15) is 38.2 Å². The molecule has 1 aliphatic heterocycles. The fourth-order valence-electron chi connectivity index (χ4n) is 4.76. The topological polar surface area (TPSA) is 98.8 Å². The van der Waals surface area contributed by atoms with E-state index >= 15 is 0 Å². The number of hydrogen-bond acceptors (Lipinski definition) is 7. The molecule has 0 saturated heterocycles. The second kappa shape index (κ2) is 9.59. The van der Waals surface area contributed by atoms with Crippen molar-refractivity contribution in [3.63, 3.8) is 0 Å². The Morgan fingerprint density at radius 2 is 1.79 bits per heavy atom. The first-order chi connectivity index (χ1) is 16.4. The number of amides is 1. The third kappa shape index (κ3) is 4.23. The number of benzene rings is 1. The van der Waals surface area contributed by atoms with Gasteiger partial charge < -0.3 is 24.8 Å². The SMILES string of the molecule is COc1cc([C@H]2C(C(=O)Nc3ccccn3)=C(C)NC3=C2C(=O)C[C@H](C)C3)cc(OC)c1OC. The van der Waals surface area contributed by atoms with Crippen molar-refractivity contribution in [2.24, 2.45) is 5.92 Å². The number of nitrogens with zero attached hydrogens (tertiary/aromatic N) is 1. The van der Waals surface area contributed by atoms with Gasteiger partial charge in [-0.3, -0.25) is 9.59 Å². The minimum atomic E-state index is -0.603. The number of anilines is 1. The molecule has 1 aromatic carbocycles. The Balaban J connectivity index is 1.89. The number of hydrogen-bond donors (Lipinski definition) is 2. The van der Waals surface area contributed by atoms with Crippen LogP contribution in [0.2, 0.25) is 0 Å². The number of ketones is 1. The maximum Gasteiger partial charge on any atom is 0.255 e. The lowest BCUT2D eigenvalue weighted by Crippen LogP contribution is -2.37. The van der Waals surface area contributed by atoms with E-state index in [1.807, 2.05) is 6.92 Å². The third-order valence-electron chi connectivity index (χ3n) is 6.20. The minimum Gasteiger partial charge on any atom is -0.493 e. The fraction of sp³-hybridized carbons (Fsp3) is 0.346. The summed E-state index contributed by atoms with van der Waals surface area (Å²) in [5, 5.41) is 6.22. The van der Waals surface area contributed by atoms with Crippen LogP contribution in [0, 0.1) is 5.92 Å². The monoisotopic (exact) mass is 463 g/mol. The first-order valence-corrected chi connectivity index (χ1v) is 11.1. The smallest absolute Gasteiger partial charge is 0.255 e. The van der Waals surface area contributed by atoms with E-state index in [0.717, 1.165) is 12.1 Å². The zero-order valence-electron chi connectivity index (χ0n) is 20.0. The minimum absolute atomic E-state index is 0.0237. The van der Waals surface area contributed by atoms with Gasteiger partial charge in [-0.05, 0) is 49.1 Å². The lowest BCUT2D eigenvalue weighted by Gasteiger charge is -2.36. The summed E-state index contributed by atoms with van der Waals surface area (Å²) < 4.78 is 16.6. The summed E-state index contributed by atoms with van der Waals surface area (Å²) in [5.74, 6) is 1.09. The zero-order valence-corrected chi connectivity index (χ0v) is 20.0. The molecule has 0 unspecified atom stereocenters. The van der Waals surface area contributed by atoms with Gasteiger partial charge in [0.25, 0.3) is 5.91 Å². The number of carbonyl (C=O) groups excluding carboxylic acids is 2. The van der Waals surface area contributed by atoms with Crippen LogP contribution in [0.3, 0.4) is 0 Å². The first-order valence-electron chi connectivity index (χ1n) is 11.1. The number of rotatable bonds is 6. The number of carbonyl (C=O) groups is 2. The van der Waals surface area contributed by atoms with Crippen molar-refractivity contribution < 1.29 is 23.8 Å². The van der Waals surface area contributed by atoms with Gasteiger partial charge >= 0.3 is 0 Å². The number of pyridine rings is 1. The number of Topliss-reactive ketones (excluding diaryl/α,β-unsaturated/α-hetero) is 1. The molecule has 2 aliphatic rings. The van der Waals surface area contributed by atoms with E-state index in [4.69, 9.17) is 14.2 Å². The highest BCUT2D eigenvalue weighted by Gasteiger charge is 2.40. The highest BCUT2D eigenvalue weighted by atomic mass is 16.5. The van der Waals surface area contributed by atoms with Crippen molar-refractivity contribution in [1.29, 1.82) is 0 Å². The van der Waals surface area contributed by atoms with E-state index in [2.05, 4.69) is 22.5 Å². The van der Waals surface area contributed by atoms with E-state index in [-0.39, 0.29) is 17.6 Å². The Hall–Kier alpha value is -3.81. The predicted octanol–water partition coefficient (Wildman–Crippen LogP) is 3.96. The predicted molar refractivity (Wildman–Crippen MR) is 128 cm³/mol. The van der Waals surface area contributed by atoms with Crippen LogP contribution in [0.25, 0.3) is 0 Å². The van der Waals surface area contributed by atoms with Crippen LogP contribution in [-0.4, -0.2) is 38.0 Å². The Morgan fingerprint density at radius 3 is 2.38 bits per heavy atom. The van der Waals surface area contributed by atoms with Crippen LogP contribution in [0.4, 0.5) is 5.82 Å². The second-order valence-corrected chi connectivity index (χ2v) is 8.55. The molecule has 0 fully saturated rings. The van der Waals surface area contributed by atoms with Gasteiger partial charge in [0.2, 0.25) is 5.75 Å². The summed E-state index contributed by atoms with van der Waals surface area (Å²) in [4.78, 5) is 31.1. The molecule has 34 heavy (non-hydrogen) atoms. The maximum absolute atomic E-state index is 13.6. The third-order valence-corrected chi connectivity index (χ3v) is 6.20. The van der Waals surface area contributed by atoms with E-state index in [0.29, 0.717) is 51.9 Å². The van der Waals surface area contributed by atoms with Gasteiger partial charge in [-0.1, -0.05) is 13.0 Å². The van der Waals surface area contributed by atoms with E-state index < -0.39 is 5.92 Å². The summed E-state index contributed by atoms with van der Waals surface area (Å²) in [6.45, 7) is 3.91. The Bertz CT molecular complexity index is 1160. The van der Waals surface area contributed by atoms with Crippen LogP contribution in [0.5, 0.6) is 17.2 Å². The van der Waals surface area contributed by atoms with E-state index in [9.17, 15) is 9.59 Å². The zero-order chi connectivity index (χ0) is 24.4. The van der Waals surface area contributed by atoms with Crippen LogP contribution in [-0.2, 0) is 9.59 Å². The molecule has 0 saturated carbocycles. The molecule has 178 valence electrons. The number of nitrogens with one attached hydrogen (secondary N) is 2. The van der Waals surface area contributed by atoms with E-state index in [1.54, 1.807) is 36.5 Å². The molecule has 2 atom stereocenters. The standard InChI is InChI=1S/C26H29N3O5/c1-14-10-17-24(18(30)11-14)23(16-12-19(32-3)25(34-5)20(13-16)33-4)22(15(2)28-17)26(31)29-21-8-6-7-9-27-21/h6-9,12-14,23,28H,10-11H2,1-5H3,(H,27,29,31)/t14-,23+/m1/s1. The van der Waals surface area contributed by atoms with Gasteiger partial charge in [-0.15, -0.1) is 0 Å². The fourth-order valence-corrected chi connectivity index (χ4v) is 4.76. The highest BCUT2D eigenvalue weighted by Crippen LogP contribution is 2.47. The molecule has 2 aromatic rings. The normalized spacial score (nSPS) is 19.9. The maximum atomic E-state index is 13.6. The summed E-state index contributed by atoms with van der Waals surface area (Å²) >= 11 is 0. The Kier molecular flexibility index (Phi) is 6.58.